The average molecular weight is 267 g/mol. The topological polar surface area (TPSA) is 38.3 Å². The summed E-state index contributed by atoms with van der Waals surface area (Å²) in [6.07, 6.45) is 0.990. The van der Waals surface area contributed by atoms with Crippen LogP contribution in [-0.4, -0.2) is 31.3 Å². The van der Waals surface area contributed by atoms with Crippen LogP contribution in [0.15, 0.2) is 0 Å². The van der Waals surface area contributed by atoms with E-state index >= 15 is 0 Å². The Morgan fingerprint density at radius 3 is 2.11 bits per heavy atom. The maximum atomic E-state index is 12.3. The summed E-state index contributed by atoms with van der Waals surface area (Å²) in [5.74, 6) is -0.575. The highest BCUT2D eigenvalue weighted by Crippen LogP contribution is 2.28. The van der Waals surface area contributed by atoms with Crippen LogP contribution in [0.4, 0.5) is 13.2 Å². The minimum Gasteiger partial charge on any atom is -0.468 e. The summed E-state index contributed by atoms with van der Waals surface area (Å²) >= 11 is 0. The SMILES string of the molecule is COC(=O)C1(NCC(F)(F)F)CCCCCCC1. The fourth-order valence-electron chi connectivity index (χ4n) is 2.43. The number of carbonyl (C=O) groups is 1. The number of alkyl halides is 3. The van der Waals surface area contributed by atoms with E-state index < -0.39 is 24.2 Å². The van der Waals surface area contributed by atoms with Gasteiger partial charge in [0.15, 0.2) is 0 Å². The lowest BCUT2D eigenvalue weighted by Crippen LogP contribution is -2.55. The summed E-state index contributed by atoms with van der Waals surface area (Å²) in [6.45, 7) is -1.15. The molecule has 0 aromatic heterocycles. The van der Waals surface area contributed by atoms with Crippen LogP contribution in [0.25, 0.3) is 0 Å². The van der Waals surface area contributed by atoms with Crippen LogP contribution < -0.4 is 5.32 Å². The summed E-state index contributed by atoms with van der Waals surface area (Å²) in [4.78, 5) is 11.8. The van der Waals surface area contributed by atoms with Crippen molar-refractivity contribution in [3.63, 3.8) is 0 Å². The van der Waals surface area contributed by atoms with Crippen molar-refractivity contribution in [1.82, 2.24) is 5.32 Å². The number of hydrogen-bond acceptors (Lipinski definition) is 3. The number of carbonyl (C=O) groups excluding carboxylic acids is 1. The highest BCUT2D eigenvalue weighted by atomic mass is 19.4. The number of halogens is 3. The van der Waals surface area contributed by atoms with Gasteiger partial charge >= 0.3 is 12.1 Å². The largest absolute Gasteiger partial charge is 0.468 e. The molecular weight excluding hydrogens is 247 g/mol. The van der Waals surface area contributed by atoms with Crippen molar-refractivity contribution in [3.8, 4) is 0 Å². The zero-order valence-electron chi connectivity index (χ0n) is 10.6. The summed E-state index contributed by atoms with van der Waals surface area (Å²) in [5, 5.41) is 2.39. The van der Waals surface area contributed by atoms with Gasteiger partial charge < -0.3 is 4.74 Å². The summed E-state index contributed by atoms with van der Waals surface area (Å²) < 4.78 is 41.6. The molecule has 3 nitrogen and oxygen atoms in total. The molecule has 1 saturated carbocycles. The van der Waals surface area contributed by atoms with Gasteiger partial charge in [-0.1, -0.05) is 32.1 Å². The first-order chi connectivity index (χ1) is 8.40. The molecule has 6 heteroatoms. The molecule has 0 aromatic rings. The Kier molecular flexibility index (Phi) is 5.44. The first kappa shape index (κ1) is 15.3. The number of rotatable bonds is 3. The first-order valence-electron chi connectivity index (χ1n) is 6.30. The molecular formula is C12H20F3NO2. The maximum absolute atomic E-state index is 12.3. The molecule has 0 atom stereocenters. The maximum Gasteiger partial charge on any atom is 0.401 e. The van der Waals surface area contributed by atoms with Crippen molar-refractivity contribution in [2.45, 2.75) is 56.7 Å². The molecule has 1 aliphatic carbocycles. The molecule has 0 bridgehead atoms. The fourth-order valence-corrected chi connectivity index (χ4v) is 2.43. The van der Waals surface area contributed by atoms with Gasteiger partial charge in [0.1, 0.15) is 5.54 Å². The van der Waals surface area contributed by atoms with Crippen LogP contribution in [-0.2, 0) is 9.53 Å². The zero-order valence-corrected chi connectivity index (χ0v) is 10.6. The number of ether oxygens (including phenoxy) is 1. The molecule has 18 heavy (non-hydrogen) atoms. The third kappa shape index (κ3) is 4.48. The van der Waals surface area contributed by atoms with Gasteiger partial charge in [0.25, 0.3) is 0 Å². The van der Waals surface area contributed by atoms with E-state index in [4.69, 9.17) is 0 Å². The predicted molar refractivity (Wildman–Crippen MR) is 61.1 cm³/mol. The Morgan fingerprint density at radius 1 is 1.17 bits per heavy atom. The quantitative estimate of drug-likeness (QED) is 0.799. The monoisotopic (exact) mass is 267 g/mol. The molecule has 1 aliphatic rings. The van der Waals surface area contributed by atoms with Crippen LogP contribution in [0, 0.1) is 0 Å². The Hall–Kier alpha value is -0.780. The van der Waals surface area contributed by atoms with Gasteiger partial charge in [-0.15, -0.1) is 0 Å². The van der Waals surface area contributed by atoms with Gasteiger partial charge in [-0.25, -0.2) is 0 Å². The molecule has 1 N–H and O–H groups in total. The lowest BCUT2D eigenvalue weighted by atomic mass is 9.84. The van der Waals surface area contributed by atoms with Gasteiger partial charge in [0, 0.05) is 0 Å². The molecule has 0 aliphatic heterocycles. The molecule has 106 valence electrons. The van der Waals surface area contributed by atoms with Crippen molar-refractivity contribution in [1.29, 1.82) is 0 Å². The second-order valence-corrected chi connectivity index (χ2v) is 4.81. The van der Waals surface area contributed by atoms with Crippen LogP contribution >= 0.6 is 0 Å². The third-order valence-electron chi connectivity index (χ3n) is 3.41. The number of hydrogen-bond donors (Lipinski definition) is 1. The lowest BCUT2D eigenvalue weighted by molar-refractivity contribution is -0.154. The number of nitrogens with one attached hydrogen (secondary N) is 1. The third-order valence-corrected chi connectivity index (χ3v) is 3.41. The van der Waals surface area contributed by atoms with Crippen molar-refractivity contribution in [2.24, 2.45) is 0 Å². The van der Waals surface area contributed by atoms with E-state index in [0.717, 1.165) is 32.1 Å². The van der Waals surface area contributed by atoms with Gasteiger partial charge in [0.05, 0.1) is 13.7 Å². The fraction of sp³-hybridized carbons (Fsp3) is 0.917. The van der Waals surface area contributed by atoms with E-state index in [2.05, 4.69) is 10.1 Å². The van der Waals surface area contributed by atoms with Crippen LogP contribution in [0.3, 0.4) is 0 Å². The van der Waals surface area contributed by atoms with E-state index in [1.807, 2.05) is 0 Å². The molecule has 1 rings (SSSR count). The van der Waals surface area contributed by atoms with E-state index in [-0.39, 0.29) is 0 Å². The molecule has 0 aromatic carbocycles. The smallest absolute Gasteiger partial charge is 0.401 e. The van der Waals surface area contributed by atoms with Crippen LogP contribution in [0.1, 0.15) is 44.9 Å². The highest BCUT2D eigenvalue weighted by Gasteiger charge is 2.41. The van der Waals surface area contributed by atoms with Crippen LogP contribution in [0.5, 0.6) is 0 Å². The predicted octanol–water partition coefficient (Wildman–Crippen LogP) is 2.79. The Labute approximate surface area is 105 Å². The van der Waals surface area contributed by atoms with E-state index in [1.54, 1.807) is 0 Å². The van der Waals surface area contributed by atoms with E-state index in [1.165, 1.54) is 7.11 Å². The van der Waals surface area contributed by atoms with Gasteiger partial charge in [-0.05, 0) is 12.8 Å². The van der Waals surface area contributed by atoms with Crippen molar-refractivity contribution >= 4 is 5.97 Å². The van der Waals surface area contributed by atoms with Gasteiger partial charge in [-0.3, -0.25) is 10.1 Å². The van der Waals surface area contributed by atoms with Crippen molar-refractivity contribution in [2.75, 3.05) is 13.7 Å². The minimum absolute atomic E-state index is 0.412. The molecule has 0 heterocycles. The summed E-state index contributed by atoms with van der Waals surface area (Å²) in [5.41, 5.74) is -1.16. The molecule has 0 amide bonds. The lowest BCUT2D eigenvalue weighted by Gasteiger charge is -2.34. The standard InChI is InChI=1S/C12H20F3NO2/c1-18-10(17)11(16-9-12(13,14)15)7-5-3-2-4-6-8-11/h16H,2-9H2,1H3. The second kappa shape index (κ2) is 6.41. The molecule has 0 saturated heterocycles. The van der Waals surface area contributed by atoms with Crippen molar-refractivity contribution in [3.05, 3.63) is 0 Å². The molecule has 0 radical (unpaired) electrons. The normalized spacial score (nSPS) is 20.9. The molecule has 1 fully saturated rings. The molecule has 0 spiro atoms. The minimum atomic E-state index is -4.32. The van der Waals surface area contributed by atoms with E-state index in [0.29, 0.717) is 12.8 Å². The van der Waals surface area contributed by atoms with Gasteiger partial charge in [-0.2, -0.15) is 13.2 Å². The number of esters is 1. The van der Waals surface area contributed by atoms with Crippen LogP contribution in [0.2, 0.25) is 0 Å². The highest BCUT2D eigenvalue weighted by molar-refractivity contribution is 5.80. The Morgan fingerprint density at radius 2 is 1.67 bits per heavy atom. The van der Waals surface area contributed by atoms with E-state index in [9.17, 15) is 18.0 Å². The zero-order chi connectivity index (χ0) is 13.6. The first-order valence-corrected chi connectivity index (χ1v) is 6.30. The Balaban J connectivity index is 2.75. The van der Waals surface area contributed by atoms with Gasteiger partial charge in [0.2, 0.25) is 0 Å². The summed E-state index contributed by atoms with van der Waals surface area (Å²) in [6, 6.07) is 0. The Bertz CT molecular complexity index is 271. The number of methoxy groups -OCH3 is 1. The van der Waals surface area contributed by atoms with Crippen molar-refractivity contribution < 1.29 is 22.7 Å². The molecule has 0 unspecified atom stereocenters. The summed E-state index contributed by atoms with van der Waals surface area (Å²) in [7, 11) is 1.22. The second-order valence-electron chi connectivity index (χ2n) is 4.81. The average Bonchev–Trinajstić information content (AvgIpc) is 2.26.